The number of carbonyl (C=O) groups is 1. The van der Waals surface area contributed by atoms with Crippen LogP contribution in [0.3, 0.4) is 0 Å². The van der Waals surface area contributed by atoms with Crippen molar-refractivity contribution in [3.63, 3.8) is 0 Å². The maximum atomic E-state index is 12.1. The van der Waals surface area contributed by atoms with Crippen molar-refractivity contribution in [3.05, 3.63) is 65.5 Å². The highest BCUT2D eigenvalue weighted by atomic mass is 16.1. The third kappa shape index (κ3) is 4.15. The second-order valence-electron chi connectivity index (χ2n) is 4.86. The molecule has 0 aliphatic heterocycles. The zero-order valence-electron chi connectivity index (χ0n) is 11.9. The fourth-order valence-electron chi connectivity index (χ4n) is 2.04. The molecular weight excluding hydrogens is 262 g/mol. The molecule has 21 heavy (non-hydrogen) atoms. The van der Waals surface area contributed by atoms with Crippen molar-refractivity contribution in [1.82, 2.24) is 10.3 Å². The maximum Gasteiger partial charge on any atom is 0.238 e. The normalized spacial score (nSPS) is 11.4. The molecule has 0 fully saturated rings. The van der Waals surface area contributed by atoms with Crippen molar-refractivity contribution >= 4 is 5.91 Å². The van der Waals surface area contributed by atoms with Crippen LogP contribution in [0, 0.1) is 24.2 Å². The lowest BCUT2D eigenvalue weighted by atomic mass is 10.00. The van der Waals surface area contributed by atoms with Gasteiger partial charge in [0.05, 0.1) is 18.3 Å². The molecule has 0 radical (unpaired) electrons. The van der Waals surface area contributed by atoms with Crippen LogP contribution < -0.4 is 5.32 Å². The Kier molecular flexibility index (Phi) is 5.05. The van der Waals surface area contributed by atoms with E-state index in [-0.39, 0.29) is 5.91 Å². The summed E-state index contributed by atoms with van der Waals surface area (Å²) < 4.78 is 0. The number of aryl methyl sites for hydroxylation is 1. The molecule has 0 spiro atoms. The summed E-state index contributed by atoms with van der Waals surface area (Å²) in [7, 11) is 0. The van der Waals surface area contributed by atoms with Crippen molar-refractivity contribution < 1.29 is 4.79 Å². The lowest BCUT2D eigenvalue weighted by molar-refractivity contribution is -0.123. The van der Waals surface area contributed by atoms with E-state index in [1.165, 1.54) is 0 Å². The first-order valence-electron chi connectivity index (χ1n) is 6.82. The smallest absolute Gasteiger partial charge is 0.238 e. The van der Waals surface area contributed by atoms with Crippen LogP contribution in [0.2, 0.25) is 0 Å². The maximum absolute atomic E-state index is 12.1. The lowest BCUT2D eigenvalue weighted by Gasteiger charge is -2.11. The topological polar surface area (TPSA) is 65.8 Å². The number of hydrogen-bond acceptors (Lipinski definition) is 3. The monoisotopic (exact) mass is 279 g/mol. The third-order valence-corrected chi connectivity index (χ3v) is 3.30. The molecule has 1 aromatic heterocycles. The quantitative estimate of drug-likeness (QED) is 0.914. The molecular formula is C17H17N3O. The molecule has 4 nitrogen and oxygen atoms in total. The summed E-state index contributed by atoms with van der Waals surface area (Å²) in [6.07, 6.45) is 2.12. The number of pyridine rings is 1. The summed E-state index contributed by atoms with van der Waals surface area (Å²) >= 11 is 0. The zero-order valence-corrected chi connectivity index (χ0v) is 11.9. The van der Waals surface area contributed by atoms with E-state index >= 15 is 0 Å². The number of benzene rings is 1. The van der Waals surface area contributed by atoms with Gasteiger partial charge in [0.2, 0.25) is 5.91 Å². The summed E-state index contributed by atoms with van der Waals surface area (Å²) in [6, 6.07) is 15.4. The molecule has 106 valence electrons. The van der Waals surface area contributed by atoms with Gasteiger partial charge in [0.1, 0.15) is 5.92 Å². The van der Waals surface area contributed by atoms with Crippen molar-refractivity contribution in [1.29, 1.82) is 5.26 Å². The van der Waals surface area contributed by atoms with Gasteiger partial charge >= 0.3 is 0 Å². The van der Waals surface area contributed by atoms with Crippen molar-refractivity contribution in [2.45, 2.75) is 19.9 Å². The molecule has 1 aromatic carbocycles. The van der Waals surface area contributed by atoms with Crippen molar-refractivity contribution in [3.8, 4) is 6.07 Å². The third-order valence-electron chi connectivity index (χ3n) is 3.30. The molecule has 1 atom stereocenters. The zero-order chi connectivity index (χ0) is 15.1. The molecule has 2 aromatic rings. The minimum Gasteiger partial charge on any atom is -0.349 e. The summed E-state index contributed by atoms with van der Waals surface area (Å²) in [6.45, 7) is 2.29. The fraction of sp³-hybridized carbons (Fsp3) is 0.235. The van der Waals surface area contributed by atoms with Crippen molar-refractivity contribution in [2.75, 3.05) is 0 Å². The van der Waals surface area contributed by atoms with Crippen LogP contribution in [0.15, 0.2) is 48.7 Å². The van der Waals surface area contributed by atoms with Gasteiger partial charge in [-0.1, -0.05) is 36.4 Å². The Balaban J connectivity index is 1.95. The minimum atomic E-state index is -0.684. The van der Waals surface area contributed by atoms with Crippen LogP contribution in [0.25, 0.3) is 0 Å². The van der Waals surface area contributed by atoms with Crippen molar-refractivity contribution in [2.24, 2.45) is 5.92 Å². The first-order valence-corrected chi connectivity index (χ1v) is 6.82. The standard InChI is InChI=1S/C17H17N3O/c1-13-6-5-9-19-16(13)12-20-17(21)15(11-18)10-14-7-3-2-4-8-14/h2-9,15H,10,12H2,1H3,(H,20,21). The van der Waals surface area contributed by atoms with E-state index in [9.17, 15) is 10.1 Å². The van der Waals surface area contributed by atoms with Gasteiger partial charge in [-0.05, 0) is 30.5 Å². The molecule has 0 saturated carbocycles. The molecule has 2 rings (SSSR count). The lowest BCUT2D eigenvalue weighted by Crippen LogP contribution is -2.31. The number of aromatic nitrogens is 1. The van der Waals surface area contributed by atoms with Crippen LogP contribution >= 0.6 is 0 Å². The molecule has 0 saturated heterocycles. The Hall–Kier alpha value is -2.67. The predicted molar refractivity (Wildman–Crippen MR) is 80.1 cm³/mol. The Morgan fingerprint density at radius 3 is 2.71 bits per heavy atom. The SMILES string of the molecule is Cc1cccnc1CNC(=O)C(C#N)Cc1ccccc1. The molecule has 0 bridgehead atoms. The number of nitriles is 1. The van der Waals surface area contributed by atoms with Crippen LogP contribution in [-0.4, -0.2) is 10.9 Å². The number of nitrogens with one attached hydrogen (secondary N) is 1. The molecule has 0 aliphatic rings. The number of hydrogen-bond donors (Lipinski definition) is 1. The van der Waals surface area contributed by atoms with Gasteiger partial charge < -0.3 is 5.32 Å². The van der Waals surface area contributed by atoms with Gasteiger partial charge in [-0.3, -0.25) is 9.78 Å². The van der Waals surface area contributed by atoms with Gasteiger partial charge in [0.25, 0.3) is 0 Å². The van der Waals surface area contributed by atoms with E-state index in [4.69, 9.17) is 0 Å². The average Bonchev–Trinajstić information content (AvgIpc) is 2.52. The van der Waals surface area contributed by atoms with Gasteiger partial charge in [-0.15, -0.1) is 0 Å². The van der Waals surface area contributed by atoms with E-state index in [1.807, 2.05) is 49.4 Å². The van der Waals surface area contributed by atoms with Crippen LogP contribution in [0.1, 0.15) is 16.8 Å². The first-order chi connectivity index (χ1) is 10.2. The Bertz CT molecular complexity index is 647. The highest BCUT2D eigenvalue weighted by Crippen LogP contribution is 2.09. The number of amides is 1. The average molecular weight is 279 g/mol. The van der Waals surface area contributed by atoms with Gasteiger partial charge in [-0.2, -0.15) is 5.26 Å². The Morgan fingerprint density at radius 2 is 2.05 bits per heavy atom. The summed E-state index contributed by atoms with van der Waals surface area (Å²) in [5, 5.41) is 12.0. The highest BCUT2D eigenvalue weighted by Gasteiger charge is 2.18. The number of rotatable bonds is 5. The predicted octanol–water partition coefficient (Wildman–Crippen LogP) is 2.39. The highest BCUT2D eigenvalue weighted by molar-refractivity contribution is 5.81. The summed E-state index contributed by atoms with van der Waals surface area (Å²) in [4.78, 5) is 16.3. The molecule has 4 heteroatoms. The van der Waals surface area contributed by atoms with E-state index in [2.05, 4.69) is 16.4 Å². The van der Waals surface area contributed by atoms with Crippen LogP contribution in [0.5, 0.6) is 0 Å². The summed E-state index contributed by atoms with van der Waals surface area (Å²) in [5.74, 6) is -0.942. The van der Waals surface area contributed by atoms with Gasteiger partial charge in [0, 0.05) is 6.20 Å². The second-order valence-corrected chi connectivity index (χ2v) is 4.86. The van der Waals surface area contributed by atoms with Crippen LogP contribution in [-0.2, 0) is 17.8 Å². The van der Waals surface area contributed by atoms with E-state index < -0.39 is 5.92 Å². The minimum absolute atomic E-state index is 0.258. The number of carbonyl (C=O) groups excluding carboxylic acids is 1. The molecule has 0 aliphatic carbocycles. The van der Waals surface area contributed by atoms with E-state index in [1.54, 1.807) is 6.20 Å². The van der Waals surface area contributed by atoms with Gasteiger partial charge in [0.15, 0.2) is 0 Å². The molecule has 1 N–H and O–H groups in total. The van der Waals surface area contributed by atoms with E-state index in [0.29, 0.717) is 13.0 Å². The van der Waals surface area contributed by atoms with Crippen LogP contribution in [0.4, 0.5) is 0 Å². The Morgan fingerprint density at radius 1 is 1.29 bits per heavy atom. The largest absolute Gasteiger partial charge is 0.349 e. The van der Waals surface area contributed by atoms with Gasteiger partial charge in [-0.25, -0.2) is 0 Å². The molecule has 1 amide bonds. The number of nitrogens with zero attached hydrogens (tertiary/aromatic N) is 2. The Labute approximate surface area is 124 Å². The molecule has 1 unspecified atom stereocenters. The summed E-state index contributed by atoms with van der Waals surface area (Å²) in [5.41, 5.74) is 2.82. The first kappa shape index (κ1) is 14.7. The second kappa shape index (κ2) is 7.20. The van der Waals surface area contributed by atoms with E-state index in [0.717, 1.165) is 16.8 Å². The molecule has 1 heterocycles. The fourth-order valence-corrected chi connectivity index (χ4v) is 2.04.